The Balaban J connectivity index is 0.000000172. The molecule has 2 fully saturated rings. The summed E-state index contributed by atoms with van der Waals surface area (Å²) in [4.78, 5) is 54.7. The fraction of sp³-hybridized carbons (Fsp3) is 0.348. The maximum Gasteiger partial charge on any atom is 0.270 e. The van der Waals surface area contributed by atoms with Gasteiger partial charge in [0.15, 0.2) is 5.43 Å². The molecule has 9 nitrogen and oxygen atoms in total. The Labute approximate surface area is 336 Å². The lowest BCUT2D eigenvalue weighted by molar-refractivity contribution is 0.0938. The van der Waals surface area contributed by atoms with E-state index in [1.54, 1.807) is 12.4 Å². The van der Waals surface area contributed by atoms with Gasteiger partial charge in [-0.05, 0) is 113 Å². The average Bonchev–Trinajstić information content (AvgIpc) is 4.10. The van der Waals surface area contributed by atoms with Crippen LogP contribution in [0.1, 0.15) is 134 Å². The summed E-state index contributed by atoms with van der Waals surface area (Å²) in [6, 6.07) is 23.1. The highest BCUT2D eigenvalue weighted by Gasteiger charge is 2.29. The second kappa shape index (κ2) is 15.7. The molecule has 4 aromatic heterocycles. The van der Waals surface area contributed by atoms with Crippen molar-refractivity contribution < 1.29 is 9.59 Å². The van der Waals surface area contributed by atoms with Gasteiger partial charge in [-0.2, -0.15) is 0 Å². The number of H-pyrrole nitrogens is 1. The van der Waals surface area contributed by atoms with Crippen molar-refractivity contribution in [1.29, 1.82) is 0 Å². The average molecular weight is 814 g/mol. The normalized spacial score (nSPS) is 14.3. The summed E-state index contributed by atoms with van der Waals surface area (Å²) in [5.41, 5.74) is 8.49. The van der Waals surface area contributed by atoms with Crippen LogP contribution in [0.4, 0.5) is 0 Å². The van der Waals surface area contributed by atoms with Gasteiger partial charge < -0.3 is 15.6 Å². The summed E-state index contributed by atoms with van der Waals surface area (Å²) in [6.45, 7) is 13.7. The van der Waals surface area contributed by atoms with Crippen molar-refractivity contribution in [3.8, 4) is 0 Å². The number of nitrogens with zero attached hydrogens (tertiary/aromatic N) is 3. The number of aromatic amines is 1. The molecule has 8 rings (SSSR count). The first-order valence-electron chi connectivity index (χ1n) is 19.4. The summed E-state index contributed by atoms with van der Waals surface area (Å²) in [5, 5.41) is 7.50. The molecule has 0 saturated heterocycles. The number of carbonyl (C=O) groups is 2. The standard InChI is InChI=1S/C23H24BrN3O.C23H25N3O2/c1-23(2,3)18-11-15(14-7-8-14)10-17-19(24)12-20(27-21(17)18)22(28)26-13-16-6-4-5-9-25-16;1-23(2,3)18-11-15(14-7-8-14)10-17-20(27)12-19(26-21(17)18)22(28)25-13-16-6-4-5-9-24-16/h4-6,9-12,14H,7-8,13H2,1-3H3,(H,26,28);4-6,9-12,14H,7-8,13H2,1-3H3,(H,25,28)(H,26,27). The van der Waals surface area contributed by atoms with E-state index < -0.39 is 0 Å². The number of rotatable bonds is 8. The molecular weight excluding hydrogens is 764 g/mol. The van der Waals surface area contributed by atoms with Crippen molar-refractivity contribution in [3.63, 3.8) is 0 Å². The number of nitrogens with one attached hydrogen (secondary N) is 3. The molecular formula is C46H49BrN6O3. The highest BCUT2D eigenvalue weighted by molar-refractivity contribution is 9.10. The second-order valence-corrected chi connectivity index (χ2v) is 17.9. The van der Waals surface area contributed by atoms with Gasteiger partial charge in [0.1, 0.15) is 11.4 Å². The molecule has 288 valence electrons. The Bertz CT molecular complexity index is 2480. The quantitative estimate of drug-likeness (QED) is 0.140. The number of carbonyl (C=O) groups excluding carboxylic acids is 2. The zero-order valence-corrected chi connectivity index (χ0v) is 34.5. The Kier molecular flexibility index (Phi) is 11.0. The molecule has 2 aliphatic carbocycles. The van der Waals surface area contributed by atoms with Crippen molar-refractivity contribution in [1.82, 2.24) is 30.6 Å². The lowest BCUT2D eigenvalue weighted by atomic mass is 9.83. The van der Waals surface area contributed by atoms with Crippen LogP contribution in [0, 0.1) is 0 Å². The summed E-state index contributed by atoms with van der Waals surface area (Å²) in [7, 11) is 0. The van der Waals surface area contributed by atoms with Gasteiger partial charge in [-0.25, -0.2) is 4.98 Å². The topological polar surface area (TPSA) is 130 Å². The minimum Gasteiger partial charge on any atom is -0.350 e. The van der Waals surface area contributed by atoms with E-state index in [4.69, 9.17) is 4.98 Å². The third kappa shape index (κ3) is 9.07. The Hall–Kier alpha value is -5.22. The second-order valence-electron chi connectivity index (χ2n) is 17.0. The van der Waals surface area contributed by atoms with Crippen molar-refractivity contribution in [2.24, 2.45) is 0 Å². The maximum atomic E-state index is 12.8. The first-order valence-corrected chi connectivity index (χ1v) is 20.2. The largest absolute Gasteiger partial charge is 0.350 e. The molecule has 0 aliphatic heterocycles. The number of aromatic nitrogens is 4. The van der Waals surface area contributed by atoms with E-state index in [1.165, 1.54) is 48.4 Å². The van der Waals surface area contributed by atoms with E-state index in [2.05, 4.69) is 101 Å². The van der Waals surface area contributed by atoms with Gasteiger partial charge in [0.25, 0.3) is 11.8 Å². The molecule has 2 aromatic carbocycles. The first kappa shape index (κ1) is 39.0. The number of benzene rings is 2. The molecule has 4 heterocycles. The molecule has 2 amide bonds. The van der Waals surface area contributed by atoms with Crippen molar-refractivity contribution in [2.45, 2.75) is 103 Å². The van der Waals surface area contributed by atoms with Crippen LogP contribution in [0.3, 0.4) is 0 Å². The molecule has 0 bridgehead atoms. The van der Waals surface area contributed by atoms with E-state index in [1.807, 2.05) is 48.5 Å². The predicted octanol–water partition coefficient (Wildman–Crippen LogP) is 9.53. The summed E-state index contributed by atoms with van der Waals surface area (Å²) >= 11 is 3.68. The Morgan fingerprint density at radius 3 is 1.77 bits per heavy atom. The van der Waals surface area contributed by atoms with Crippen LogP contribution in [0.2, 0.25) is 0 Å². The SMILES string of the molecule is CC(C)(C)c1cc(C2CC2)cc2c(=O)cc(C(=O)NCc3ccccn3)[nH]c12.CC(C)(C)c1cc(C2CC2)cc2c(Br)cc(C(=O)NCc3ccccn3)nc12. The van der Waals surface area contributed by atoms with Crippen LogP contribution in [0.5, 0.6) is 0 Å². The van der Waals surface area contributed by atoms with E-state index in [0.717, 1.165) is 37.8 Å². The first-order chi connectivity index (χ1) is 26.7. The summed E-state index contributed by atoms with van der Waals surface area (Å²) in [5.74, 6) is 0.722. The number of pyridine rings is 4. The number of hydrogen-bond donors (Lipinski definition) is 3. The van der Waals surface area contributed by atoms with Crippen LogP contribution in [-0.2, 0) is 23.9 Å². The zero-order chi connectivity index (χ0) is 39.8. The number of hydrogen-bond acceptors (Lipinski definition) is 6. The minimum atomic E-state index is -0.309. The van der Waals surface area contributed by atoms with Crippen LogP contribution in [0.25, 0.3) is 21.8 Å². The lowest BCUT2D eigenvalue weighted by Gasteiger charge is -2.23. The molecule has 0 unspecified atom stereocenters. The highest BCUT2D eigenvalue weighted by Crippen LogP contribution is 2.45. The fourth-order valence-corrected chi connectivity index (χ4v) is 7.44. The van der Waals surface area contributed by atoms with Crippen LogP contribution in [0.15, 0.2) is 94.5 Å². The molecule has 0 atom stereocenters. The van der Waals surface area contributed by atoms with Gasteiger partial charge in [0.2, 0.25) is 0 Å². The van der Waals surface area contributed by atoms with Gasteiger partial charge in [0, 0.05) is 33.7 Å². The number of amides is 2. The fourth-order valence-electron chi connectivity index (χ4n) is 6.92. The van der Waals surface area contributed by atoms with Crippen molar-refractivity contribution >= 4 is 49.6 Å². The molecule has 0 radical (unpaired) electrons. The smallest absolute Gasteiger partial charge is 0.270 e. The molecule has 2 saturated carbocycles. The van der Waals surface area contributed by atoms with Gasteiger partial charge in [-0.15, -0.1) is 0 Å². The highest BCUT2D eigenvalue weighted by atomic mass is 79.9. The van der Waals surface area contributed by atoms with Gasteiger partial charge in [-0.3, -0.25) is 24.4 Å². The van der Waals surface area contributed by atoms with Gasteiger partial charge in [0.05, 0.1) is 35.5 Å². The van der Waals surface area contributed by atoms with Crippen LogP contribution in [-0.4, -0.2) is 31.8 Å². The zero-order valence-electron chi connectivity index (χ0n) is 32.9. The van der Waals surface area contributed by atoms with Crippen molar-refractivity contribution in [3.05, 3.63) is 145 Å². The van der Waals surface area contributed by atoms with E-state index >= 15 is 0 Å². The summed E-state index contributed by atoms with van der Waals surface area (Å²) in [6.07, 6.45) is 8.29. The Morgan fingerprint density at radius 1 is 0.714 bits per heavy atom. The molecule has 10 heteroatoms. The lowest BCUT2D eigenvalue weighted by Crippen LogP contribution is -2.26. The van der Waals surface area contributed by atoms with Crippen LogP contribution < -0.4 is 16.1 Å². The molecule has 2 aliphatic rings. The molecule has 56 heavy (non-hydrogen) atoms. The van der Waals surface area contributed by atoms with E-state index in [0.29, 0.717) is 36.0 Å². The van der Waals surface area contributed by atoms with Gasteiger partial charge in [-0.1, -0.05) is 81.7 Å². The summed E-state index contributed by atoms with van der Waals surface area (Å²) < 4.78 is 0.911. The molecule has 0 spiro atoms. The van der Waals surface area contributed by atoms with E-state index in [-0.39, 0.29) is 33.8 Å². The monoisotopic (exact) mass is 812 g/mol. The van der Waals surface area contributed by atoms with Crippen molar-refractivity contribution in [2.75, 3.05) is 0 Å². The third-order valence-electron chi connectivity index (χ3n) is 10.3. The molecule has 3 N–H and O–H groups in total. The predicted molar refractivity (Wildman–Crippen MR) is 226 cm³/mol. The number of fused-ring (bicyclic) bond motifs is 2. The Morgan fingerprint density at radius 2 is 1.25 bits per heavy atom. The maximum absolute atomic E-state index is 12.8. The van der Waals surface area contributed by atoms with Gasteiger partial charge >= 0.3 is 0 Å². The minimum absolute atomic E-state index is 0.0569. The number of halogens is 1. The third-order valence-corrected chi connectivity index (χ3v) is 11.0. The van der Waals surface area contributed by atoms with Crippen LogP contribution >= 0.6 is 15.9 Å². The van der Waals surface area contributed by atoms with E-state index in [9.17, 15) is 14.4 Å². The molecule has 6 aromatic rings.